The quantitative estimate of drug-likeness (QED) is 0.112. The Hall–Kier alpha value is -3.12. The molecule has 1 atom stereocenters. The molecule has 0 amide bonds. The summed E-state index contributed by atoms with van der Waals surface area (Å²) >= 11 is 5.16. The van der Waals surface area contributed by atoms with Gasteiger partial charge in [-0.2, -0.15) is 8.75 Å². The highest BCUT2D eigenvalue weighted by Crippen LogP contribution is 2.60. The molecule has 3 aromatic carbocycles. The first kappa shape index (κ1) is 31.8. The van der Waals surface area contributed by atoms with E-state index in [1.165, 1.54) is 129 Å². The lowest BCUT2D eigenvalue weighted by atomic mass is 9.70. The summed E-state index contributed by atoms with van der Waals surface area (Å²) < 4.78 is 9.66. The maximum atomic E-state index is 4.84. The fourth-order valence-corrected chi connectivity index (χ4v) is 11.9. The Morgan fingerprint density at radius 1 is 0.592 bits per heavy atom. The van der Waals surface area contributed by atoms with E-state index in [9.17, 15) is 0 Å². The Morgan fingerprint density at radius 3 is 1.90 bits per heavy atom. The smallest absolute Gasteiger partial charge is 0.114 e. The third-order valence-electron chi connectivity index (χ3n) is 12.1. The van der Waals surface area contributed by atoms with E-state index in [0.29, 0.717) is 5.92 Å². The van der Waals surface area contributed by atoms with Crippen LogP contribution in [0.5, 0.6) is 0 Å². The highest BCUT2D eigenvalue weighted by atomic mass is 32.1. The van der Waals surface area contributed by atoms with Crippen molar-refractivity contribution in [3.63, 3.8) is 0 Å². The third-order valence-corrected chi connectivity index (χ3v) is 15.3. The van der Waals surface area contributed by atoms with E-state index in [1.54, 1.807) is 22.3 Å². The minimum absolute atomic E-state index is 0.118. The molecule has 1 unspecified atom stereocenters. The highest BCUT2D eigenvalue weighted by molar-refractivity contribution is 7.19. The number of benzene rings is 3. The molecule has 9 rings (SSSR count). The van der Waals surface area contributed by atoms with Crippen LogP contribution < -0.4 is 0 Å². The average Bonchev–Trinajstić information content (AvgIpc) is 3.61. The molecule has 0 aliphatic heterocycles. The second kappa shape index (κ2) is 12.0. The van der Waals surface area contributed by atoms with Crippen LogP contribution in [0.1, 0.15) is 137 Å². The molecule has 0 N–H and O–H groups in total. The van der Waals surface area contributed by atoms with Gasteiger partial charge >= 0.3 is 0 Å². The van der Waals surface area contributed by atoms with Crippen molar-refractivity contribution in [3.05, 3.63) is 93.4 Å². The lowest BCUT2D eigenvalue weighted by molar-refractivity contribution is 0.401. The Kier molecular flexibility index (Phi) is 7.79. The number of aromatic nitrogens is 2. The number of hydrogen-bond donors (Lipinski definition) is 0. The molecule has 0 saturated heterocycles. The van der Waals surface area contributed by atoms with Crippen molar-refractivity contribution in [1.82, 2.24) is 8.75 Å². The third kappa shape index (κ3) is 5.05. The normalized spacial score (nSPS) is 17.2. The van der Waals surface area contributed by atoms with E-state index >= 15 is 0 Å². The Labute approximate surface area is 304 Å². The zero-order chi connectivity index (χ0) is 33.5. The van der Waals surface area contributed by atoms with E-state index in [0.717, 1.165) is 11.0 Å². The fraction of sp³-hybridized carbons (Fsp3) is 0.409. The van der Waals surface area contributed by atoms with Gasteiger partial charge in [-0.25, -0.2) is 0 Å². The topological polar surface area (TPSA) is 25.8 Å². The van der Waals surface area contributed by atoms with E-state index in [2.05, 4.69) is 95.3 Å². The molecule has 0 saturated carbocycles. The van der Waals surface area contributed by atoms with Crippen molar-refractivity contribution in [3.8, 4) is 42.4 Å². The number of thiophene rings is 2. The van der Waals surface area contributed by atoms with Gasteiger partial charge in [-0.1, -0.05) is 116 Å². The summed E-state index contributed by atoms with van der Waals surface area (Å²) in [5.41, 5.74) is 17.1. The molecule has 3 heterocycles. The number of rotatable bonds is 13. The van der Waals surface area contributed by atoms with Crippen molar-refractivity contribution in [1.29, 1.82) is 0 Å². The van der Waals surface area contributed by atoms with Crippen LogP contribution >= 0.6 is 34.4 Å². The minimum atomic E-state index is 0.118. The summed E-state index contributed by atoms with van der Waals surface area (Å²) in [6.45, 7) is 11.7. The van der Waals surface area contributed by atoms with Gasteiger partial charge in [0, 0.05) is 47.4 Å². The maximum absolute atomic E-state index is 4.84. The SMILES string of the molecule is CCCCCCC1(CCCCCC)c2cc(-c3ccc(-c4ccc(-c5cc6c(s5)C6(C)C)c5nsnc45)s3)ccc2-c2cc3c(cc21)C3C. The minimum Gasteiger partial charge on any atom is -0.172 e. The van der Waals surface area contributed by atoms with Gasteiger partial charge < -0.3 is 0 Å². The number of nitrogens with zero attached hydrogens (tertiary/aromatic N) is 2. The van der Waals surface area contributed by atoms with Crippen molar-refractivity contribution in [2.75, 3.05) is 0 Å². The standard InChI is InChI=1S/C44H46N2S3/c1-6-8-10-12-20-44(21-13-11-9-7-2)34-22-27(14-15-28(34)33-23-31-26(3)32(31)24-35(33)44)37-18-19-38(47-37)29-16-17-30(41-40(29)45-49-46-41)39-25-36-42(48-39)43(36,4)5/h14-19,22-26H,6-13,20-21H2,1-5H3. The van der Waals surface area contributed by atoms with Crippen LogP contribution in [-0.4, -0.2) is 8.75 Å². The monoisotopic (exact) mass is 698 g/mol. The summed E-state index contributed by atoms with van der Waals surface area (Å²) in [7, 11) is 0. The first-order chi connectivity index (χ1) is 23.9. The predicted molar refractivity (Wildman–Crippen MR) is 213 cm³/mol. The molecule has 0 fully saturated rings. The lowest BCUT2D eigenvalue weighted by Gasteiger charge is -2.33. The molecule has 3 aromatic heterocycles. The van der Waals surface area contributed by atoms with E-state index in [-0.39, 0.29) is 10.8 Å². The molecule has 6 aromatic rings. The Balaban J connectivity index is 1.08. The van der Waals surface area contributed by atoms with Gasteiger partial charge in [-0.15, -0.1) is 22.7 Å². The highest BCUT2D eigenvalue weighted by Gasteiger charge is 2.46. The van der Waals surface area contributed by atoms with E-state index in [1.807, 2.05) is 22.7 Å². The van der Waals surface area contributed by atoms with Crippen molar-refractivity contribution in [2.45, 2.75) is 116 Å². The molecule has 2 nitrogen and oxygen atoms in total. The zero-order valence-corrected chi connectivity index (χ0v) is 32.0. The van der Waals surface area contributed by atoms with Crippen LogP contribution in [0.2, 0.25) is 0 Å². The molecule has 5 heteroatoms. The van der Waals surface area contributed by atoms with E-state index < -0.39 is 0 Å². The fourth-order valence-electron chi connectivity index (χ4n) is 8.92. The summed E-state index contributed by atoms with van der Waals surface area (Å²) in [6, 6.07) is 24.3. The summed E-state index contributed by atoms with van der Waals surface area (Å²) in [4.78, 5) is 5.45. The lowest BCUT2D eigenvalue weighted by Crippen LogP contribution is -2.25. The van der Waals surface area contributed by atoms with Gasteiger partial charge in [0.15, 0.2) is 0 Å². The van der Waals surface area contributed by atoms with Gasteiger partial charge in [0.1, 0.15) is 11.0 Å². The zero-order valence-electron chi connectivity index (χ0n) is 29.5. The van der Waals surface area contributed by atoms with Gasteiger partial charge in [-0.05, 0) is 87.7 Å². The number of fused-ring (bicyclic) bond motifs is 6. The van der Waals surface area contributed by atoms with E-state index in [4.69, 9.17) is 8.75 Å². The molecular weight excluding hydrogens is 653 g/mol. The summed E-state index contributed by atoms with van der Waals surface area (Å²) in [5, 5.41) is 0. The predicted octanol–water partition coefficient (Wildman–Crippen LogP) is 14.1. The first-order valence-corrected chi connectivity index (χ1v) is 21.1. The van der Waals surface area contributed by atoms with Gasteiger partial charge in [-0.3, -0.25) is 0 Å². The van der Waals surface area contributed by atoms with Crippen LogP contribution in [0.15, 0.2) is 60.7 Å². The molecule has 3 aliphatic rings. The van der Waals surface area contributed by atoms with Crippen molar-refractivity contribution < 1.29 is 0 Å². The van der Waals surface area contributed by atoms with Crippen LogP contribution in [0, 0.1) is 0 Å². The van der Waals surface area contributed by atoms with Crippen molar-refractivity contribution >= 4 is 45.4 Å². The molecule has 0 bridgehead atoms. The van der Waals surface area contributed by atoms with Crippen LogP contribution in [0.4, 0.5) is 0 Å². The largest absolute Gasteiger partial charge is 0.172 e. The molecule has 250 valence electrons. The Bertz CT molecular complexity index is 2190. The summed E-state index contributed by atoms with van der Waals surface area (Å²) in [6.07, 6.45) is 13.0. The first-order valence-electron chi connectivity index (χ1n) is 18.7. The van der Waals surface area contributed by atoms with Crippen molar-refractivity contribution in [2.24, 2.45) is 0 Å². The number of hydrogen-bond acceptors (Lipinski definition) is 5. The second-order valence-electron chi connectivity index (χ2n) is 15.5. The maximum Gasteiger partial charge on any atom is 0.114 e. The average molecular weight is 699 g/mol. The molecule has 0 radical (unpaired) electrons. The molecule has 49 heavy (non-hydrogen) atoms. The number of unbranched alkanes of at least 4 members (excludes halogenated alkanes) is 6. The van der Waals surface area contributed by atoms with Crippen LogP contribution in [0.25, 0.3) is 53.5 Å². The molecular formula is C44H46N2S3. The molecule has 0 spiro atoms. The van der Waals surface area contributed by atoms with Crippen LogP contribution in [-0.2, 0) is 10.8 Å². The second-order valence-corrected chi connectivity index (χ2v) is 18.1. The molecule has 3 aliphatic carbocycles. The Morgan fingerprint density at radius 2 is 1.22 bits per heavy atom. The summed E-state index contributed by atoms with van der Waals surface area (Å²) in [5.74, 6) is 0.633. The van der Waals surface area contributed by atoms with Gasteiger partial charge in [0.25, 0.3) is 0 Å². The van der Waals surface area contributed by atoms with Gasteiger partial charge in [0.05, 0.1) is 11.7 Å². The van der Waals surface area contributed by atoms with Crippen LogP contribution in [0.3, 0.4) is 0 Å². The van der Waals surface area contributed by atoms with Gasteiger partial charge in [0.2, 0.25) is 0 Å².